The van der Waals surface area contributed by atoms with Crippen molar-refractivity contribution in [1.82, 2.24) is 0 Å². The van der Waals surface area contributed by atoms with Crippen molar-refractivity contribution in [1.29, 1.82) is 0 Å². The highest BCUT2D eigenvalue weighted by molar-refractivity contribution is 5.69. The number of carboxylic acid groups (broad SMARTS) is 1. The van der Waals surface area contributed by atoms with Gasteiger partial charge in [0.15, 0.2) is 0 Å². The summed E-state index contributed by atoms with van der Waals surface area (Å²) in [5.74, 6) is -0.822. The Kier molecular flexibility index (Phi) is 30.8. The van der Waals surface area contributed by atoms with E-state index in [1.165, 1.54) is 25.7 Å². The van der Waals surface area contributed by atoms with Crippen LogP contribution in [0.4, 0.5) is 0 Å². The molecule has 0 aromatic heterocycles. The van der Waals surface area contributed by atoms with Crippen molar-refractivity contribution in [3.63, 3.8) is 0 Å². The van der Waals surface area contributed by atoms with Gasteiger partial charge in [0.05, 0.1) is 0 Å². The number of esters is 1. The van der Waals surface area contributed by atoms with Gasteiger partial charge in [0, 0.05) is 12.8 Å². The van der Waals surface area contributed by atoms with E-state index in [9.17, 15) is 9.59 Å². The molecule has 0 aromatic carbocycles. The molecule has 0 saturated heterocycles. The van der Waals surface area contributed by atoms with Gasteiger partial charge in [-0.1, -0.05) is 119 Å². The number of unbranched alkanes of at least 4 members (excludes halogenated alkanes) is 8. The molecule has 0 aliphatic heterocycles. The second-order valence-electron chi connectivity index (χ2n) is 11.0. The SMILES string of the molecule is CC/C=C\C/C=C\C/C=C\C/C=C\CCC(=O)OC(CCC/C=C\C/C=C\CCCCC)CCCCCCCC(=O)O. The summed E-state index contributed by atoms with van der Waals surface area (Å²) in [6.45, 7) is 4.38. The minimum atomic E-state index is -0.718. The van der Waals surface area contributed by atoms with Crippen molar-refractivity contribution in [2.45, 2.75) is 155 Å². The average Bonchev–Trinajstić information content (AvgIpc) is 2.97. The number of carboxylic acids is 1. The van der Waals surface area contributed by atoms with Crippen LogP contribution in [-0.4, -0.2) is 23.1 Å². The number of carbonyl (C=O) groups excluding carboxylic acids is 1. The summed E-state index contributed by atoms with van der Waals surface area (Å²) in [7, 11) is 0. The Morgan fingerprint density at radius 3 is 1.64 bits per heavy atom. The van der Waals surface area contributed by atoms with Gasteiger partial charge in [0.1, 0.15) is 6.10 Å². The molecule has 1 atom stereocenters. The van der Waals surface area contributed by atoms with Gasteiger partial charge in [0.25, 0.3) is 0 Å². The number of aliphatic carboxylic acids is 1. The zero-order valence-electron chi connectivity index (χ0n) is 27.0. The summed E-state index contributed by atoms with van der Waals surface area (Å²) in [6, 6.07) is 0. The standard InChI is InChI=1S/C38H62O4/c1-3-5-7-9-11-13-15-16-18-20-22-27-31-35-38(41)42-36(33-29-25-23-26-30-34-37(39)40)32-28-24-21-19-17-14-12-10-8-6-4-2/h5,7,11-14,16,18-19,21-22,27,36H,3-4,6,8-10,15,17,20,23-26,28-35H2,1-2H3,(H,39,40)/b7-5-,13-11-,14-12-,18-16-,21-19-,27-22-. The average molecular weight is 583 g/mol. The molecular formula is C38H62O4. The monoisotopic (exact) mass is 582 g/mol. The quantitative estimate of drug-likeness (QED) is 0.0541. The summed E-state index contributed by atoms with van der Waals surface area (Å²) in [6.07, 6.45) is 46.2. The van der Waals surface area contributed by atoms with Crippen LogP contribution in [0.1, 0.15) is 149 Å². The molecule has 0 bridgehead atoms. The fourth-order valence-electron chi connectivity index (χ4n) is 4.47. The van der Waals surface area contributed by atoms with Gasteiger partial charge in [-0.25, -0.2) is 0 Å². The van der Waals surface area contributed by atoms with E-state index in [2.05, 4.69) is 86.8 Å². The Bertz CT molecular complexity index is 800. The van der Waals surface area contributed by atoms with E-state index < -0.39 is 5.97 Å². The highest BCUT2D eigenvalue weighted by atomic mass is 16.5. The Hall–Kier alpha value is -2.62. The van der Waals surface area contributed by atoms with Crippen LogP contribution < -0.4 is 0 Å². The fourth-order valence-corrected chi connectivity index (χ4v) is 4.47. The van der Waals surface area contributed by atoms with E-state index in [4.69, 9.17) is 9.84 Å². The van der Waals surface area contributed by atoms with E-state index >= 15 is 0 Å². The van der Waals surface area contributed by atoms with Gasteiger partial charge in [-0.05, 0) is 89.9 Å². The molecule has 1 N–H and O–H groups in total. The molecule has 0 aliphatic carbocycles. The third-order valence-corrected chi connectivity index (χ3v) is 6.93. The van der Waals surface area contributed by atoms with Crippen LogP contribution in [0.25, 0.3) is 0 Å². The summed E-state index contributed by atoms with van der Waals surface area (Å²) in [4.78, 5) is 23.2. The number of hydrogen-bond acceptors (Lipinski definition) is 3. The zero-order chi connectivity index (χ0) is 30.8. The van der Waals surface area contributed by atoms with Crippen molar-refractivity contribution in [3.8, 4) is 0 Å². The first-order valence-electron chi connectivity index (χ1n) is 16.9. The molecular weight excluding hydrogens is 520 g/mol. The maximum absolute atomic E-state index is 12.5. The zero-order valence-corrected chi connectivity index (χ0v) is 27.0. The van der Waals surface area contributed by atoms with Crippen LogP contribution in [0.5, 0.6) is 0 Å². The topological polar surface area (TPSA) is 63.6 Å². The largest absolute Gasteiger partial charge is 0.481 e. The molecule has 0 aliphatic rings. The van der Waals surface area contributed by atoms with Crippen LogP contribution in [0.3, 0.4) is 0 Å². The van der Waals surface area contributed by atoms with E-state index in [0.717, 1.165) is 89.9 Å². The lowest BCUT2D eigenvalue weighted by Crippen LogP contribution is -2.18. The lowest BCUT2D eigenvalue weighted by molar-refractivity contribution is -0.149. The van der Waals surface area contributed by atoms with Crippen molar-refractivity contribution in [2.75, 3.05) is 0 Å². The minimum Gasteiger partial charge on any atom is -0.481 e. The molecule has 0 heterocycles. The minimum absolute atomic E-state index is 0.0270. The van der Waals surface area contributed by atoms with E-state index in [-0.39, 0.29) is 18.5 Å². The van der Waals surface area contributed by atoms with Gasteiger partial charge in [-0.2, -0.15) is 0 Å². The number of ether oxygens (including phenoxy) is 1. The molecule has 0 radical (unpaired) electrons. The highest BCUT2D eigenvalue weighted by Crippen LogP contribution is 2.17. The number of rotatable bonds is 29. The molecule has 42 heavy (non-hydrogen) atoms. The van der Waals surface area contributed by atoms with E-state index in [1.807, 2.05) is 0 Å². The third-order valence-electron chi connectivity index (χ3n) is 6.93. The lowest BCUT2D eigenvalue weighted by Gasteiger charge is -2.17. The molecule has 0 spiro atoms. The van der Waals surface area contributed by atoms with E-state index in [0.29, 0.717) is 12.8 Å². The maximum atomic E-state index is 12.5. The molecule has 0 fully saturated rings. The number of hydrogen-bond donors (Lipinski definition) is 1. The molecule has 1 unspecified atom stereocenters. The Morgan fingerprint density at radius 1 is 0.548 bits per heavy atom. The van der Waals surface area contributed by atoms with Crippen molar-refractivity contribution in [3.05, 3.63) is 72.9 Å². The molecule has 0 saturated carbocycles. The van der Waals surface area contributed by atoms with Gasteiger partial charge >= 0.3 is 11.9 Å². The van der Waals surface area contributed by atoms with Crippen LogP contribution in [0.2, 0.25) is 0 Å². The maximum Gasteiger partial charge on any atom is 0.306 e. The normalized spacial score (nSPS) is 13.2. The Balaban J connectivity index is 4.32. The van der Waals surface area contributed by atoms with Crippen molar-refractivity contribution in [2.24, 2.45) is 0 Å². The van der Waals surface area contributed by atoms with Gasteiger partial charge in [-0.15, -0.1) is 0 Å². The number of allylic oxidation sites excluding steroid dienone is 12. The van der Waals surface area contributed by atoms with Gasteiger partial charge in [-0.3, -0.25) is 9.59 Å². The predicted octanol–water partition coefficient (Wildman–Crippen LogP) is 11.6. The first-order valence-corrected chi connectivity index (χ1v) is 16.9. The first kappa shape index (κ1) is 39.4. The first-order chi connectivity index (χ1) is 20.6. The van der Waals surface area contributed by atoms with Crippen LogP contribution in [0, 0.1) is 0 Å². The summed E-state index contributed by atoms with van der Waals surface area (Å²) in [5, 5.41) is 8.78. The molecule has 0 amide bonds. The smallest absolute Gasteiger partial charge is 0.306 e. The van der Waals surface area contributed by atoms with Crippen LogP contribution in [0.15, 0.2) is 72.9 Å². The number of carbonyl (C=O) groups is 2. The highest BCUT2D eigenvalue weighted by Gasteiger charge is 2.13. The van der Waals surface area contributed by atoms with Crippen molar-refractivity contribution < 1.29 is 19.4 Å². The Morgan fingerprint density at radius 2 is 1.05 bits per heavy atom. The second-order valence-corrected chi connectivity index (χ2v) is 11.0. The lowest BCUT2D eigenvalue weighted by atomic mass is 10.0. The molecule has 0 rings (SSSR count). The van der Waals surface area contributed by atoms with Crippen LogP contribution >= 0.6 is 0 Å². The van der Waals surface area contributed by atoms with E-state index in [1.54, 1.807) is 0 Å². The summed E-state index contributed by atoms with van der Waals surface area (Å²) in [5.41, 5.74) is 0. The van der Waals surface area contributed by atoms with Crippen molar-refractivity contribution >= 4 is 11.9 Å². The predicted molar refractivity (Wildman–Crippen MR) is 181 cm³/mol. The van der Waals surface area contributed by atoms with Gasteiger partial charge < -0.3 is 9.84 Å². The van der Waals surface area contributed by atoms with Crippen LogP contribution in [-0.2, 0) is 14.3 Å². The van der Waals surface area contributed by atoms with Gasteiger partial charge in [0.2, 0.25) is 0 Å². The second kappa shape index (κ2) is 32.9. The molecule has 4 heteroatoms. The fraction of sp³-hybridized carbons (Fsp3) is 0.632. The molecule has 4 nitrogen and oxygen atoms in total. The Labute approximate surface area is 258 Å². The third kappa shape index (κ3) is 31.9. The molecule has 0 aromatic rings. The summed E-state index contributed by atoms with van der Waals surface area (Å²) < 4.78 is 5.90. The molecule has 238 valence electrons. The summed E-state index contributed by atoms with van der Waals surface area (Å²) >= 11 is 0.